The smallest absolute Gasteiger partial charge is 0.335 e. The standard InChI is InChI=1S/C15H15NO6S/c1-2-22-11-4-6-12(7-5-11)23(20,21)16-10-3-8-14(17)13(9-10)15(18)19/h3-9,16-17H,2H2,1H3,(H,18,19)/p-1. The Bertz CT molecular complexity index is 814. The van der Waals surface area contributed by atoms with E-state index >= 15 is 0 Å². The van der Waals surface area contributed by atoms with Crippen LogP contribution in [0.3, 0.4) is 0 Å². The number of hydrogen-bond acceptors (Lipinski definition) is 5. The molecule has 0 heterocycles. The molecule has 0 aliphatic heterocycles. The first kappa shape index (κ1) is 16.6. The van der Waals surface area contributed by atoms with Crippen LogP contribution < -0.4 is 14.6 Å². The topological polar surface area (TPSA) is 116 Å². The molecule has 7 nitrogen and oxygen atoms in total. The minimum Gasteiger partial charge on any atom is -0.872 e. The highest BCUT2D eigenvalue weighted by Crippen LogP contribution is 2.23. The summed E-state index contributed by atoms with van der Waals surface area (Å²) < 4.78 is 32.0. The lowest BCUT2D eigenvalue weighted by Gasteiger charge is -2.13. The molecule has 0 aliphatic carbocycles. The number of nitrogens with one attached hydrogen (secondary N) is 1. The van der Waals surface area contributed by atoms with Crippen molar-refractivity contribution < 1.29 is 28.2 Å². The molecule has 0 saturated carbocycles. The second-order valence-electron chi connectivity index (χ2n) is 4.53. The zero-order chi connectivity index (χ0) is 17.0. The van der Waals surface area contributed by atoms with Crippen molar-refractivity contribution in [1.82, 2.24) is 0 Å². The third-order valence-electron chi connectivity index (χ3n) is 2.91. The van der Waals surface area contributed by atoms with E-state index < -0.39 is 27.3 Å². The molecule has 0 saturated heterocycles. The zero-order valence-corrected chi connectivity index (χ0v) is 13.0. The average molecular weight is 336 g/mol. The van der Waals surface area contributed by atoms with Crippen molar-refractivity contribution in [2.75, 3.05) is 11.3 Å². The van der Waals surface area contributed by atoms with Gasteiger partial charge in [0.05, 0.1) is 17.1 Å². The third-order valence-corrected chi connectivity index (χ3v) is 4.30. The zero-order valence-electron chi connectivity index (χ0n) is 12.1. The lowest BCUT2D eigenvalue weighted by molar-refractivity contribution is -0.268. The fourth-order valence-electron chi connectivity index (χ4n) is 1.86. The first-order chi connectivity index (χ1) is 10.8. The predicted octanol–water partition coefficient (Wildman–Crippen LogP) is 1.66. The van der Waals surface area contributed by atoms with E-state index in [1.807, 2.05) is 6.92 Å². The highest BCUT2D eigenvalue weighted by Gasteiger charge is 2.15. The number of benzene rings is 2. The Morgan fingerprint density at radius 3 is 2.43 bits per heavy atom. The van der Waals surface area contributed by atoms with E-state index in [-0.39, 0.29) is 10.6 Å². The summed E-state index contributed by atoms with van der Waals surface area (Å²) in [7, 11) is -3.90. The molecular weight excluding hydrogens is 322 g/mol. The van der Waals surface area contributed by atoms with Gasteiger partial charge in [0.1, 0.15) is 5.75 Å². The Morgan fingerprint density at radius 2 is 1.87 bits per heavy atom. The van der Waals surface area contributed by atoms with Crippen LogP contribution >= 0.6 is 0 Å². The highest BCUT2D eigenvalue weighted by atomic mass is 32.2. The molecule has 0 radical (unpaired) electrons. The number of carbonyl (C=O) groups is 1. The van der Waals surface area contributed by atoms with Crippen LogP contribution in [-0.4, -0.2) is 26.1 Å². The van der Waals surface area contributed by atoms with Crippen LogP contribution in [0.25, 0.3) is 0 Å². The van der Waals surface area contributed by atoms with Crippen LogP contribution in [0.5, 0.6) is 11.5 Å². The van der Waals surface area contributed by atoms with Gasteiger partial charge < -0.3 is 14.9 Å². The summed E-state index contributed by atoms with van der Waals surface area (Å²) in [6, 6.07) is 8.96. The molecule has 0 unspecified atom stereocenters. The van der Waals surface area contributed by atoms with Gasteiger partial charge in [-0.2, -0.15) is 0 Å². The Kier molecular flexibility index (Phi) is 4.75. The molecule has 0 amide bonds. The number of anilines is 1. The van der Waals surface area contributed by atoms with Crippen molar-refractivity contribution in [3.05, 3.63) is 48.0 Å². The van der Waals surface area contributed by atoms with Crippen LogP contribution in [0.2, 0.25) is 0 Å². The summed E-state index contributed by atoms with van der Waals surface area (Å²) in [6.07, 6.45) is 0. The lowest BCUT2D eigenvalue weighted by atomic mass is 10.2. The summed E-state index contributed by atoms with van der Waals surface area (Å²) in [5, 5.41) is 20.3. The third kappa shape index (κ3) is 3.92. The van der Waals surface area contributed by atoms with Gasteiger partial charge in [-0.25, -0.2) is 13.2 Å². The van der Waals surface area contributed by atoms with Gasteiger partial charge in [-0.15, -0.1) is 0 Å². The van der Waals surface area contributed by atoms with Gasteiger partial charge >= 0.3 is 5.97 Å². The van der Waals surface area contributed by atoms with Gasteiger partial charge in [0.15, 0.2) is 0 Å². The van der Waals surface area contributed by atoms with Gasteiger partial charge in [0.25, 0.3) is 10.0 Å². The van der Waals surface area contributed by atoms with Crippen LogP contribution in [0.1, 0.15) is 17.3 Å². The van der Waals surface area contributed by atoms with Gasteiger partial charge in [-0.3, -0.25) is 4.72 Å². The minimum absolute atomic E-state index is 0.00381. The molecule has 0 aromatic heterocycles. The maximum Gasteiger partial charge on any atom is 0.335 e. The first-order valence-corrected chi connectivity index (χ1v) is 8.12. The summed E-state index contributed by atoms with van der Waals surface area (Å²) in [5.41, 5.74) is -0.507. The minimum atomic E-state index is -3.90. The number of rotatable bonds is 6. The Hall–Kier alpha value is -2.74. The molecule has 0 aliphatic rings. The number of ether oxygens (including phenoxy) is 1. The molecule has 8 heteroatoms. The van der Waals surface area contributed by atoms with Crippen molar-refractivity contribution in [2.45, 2.75) is 11.8 Å². The van der Waals surface area contributed by atoms with Crippen LogP contribution in [0.15, 0.2) is 47.4 Å². The second-order valence-corrected chi connectivity index (χ2v) is 6.21. The Labute approximate surface area is 133 Å². The van der Waals surface area contributed by atoms with Crippen molar-refractivity contribution >= 4 is 21.7 Å². The normalized spacial score (nSPS) is 11.0. The molecule has 2 aromatic rings. The number of aromatic carboxylic acids is 1. The number of carboxylic acids is 1. The van der Waals surface area contributed by atoms with E-state index in [0.717, 1.165) is 12.1 Å². The van der Waals surface area contributed by atoms with Gasteiger partial charge in [0, 0.05) is 5.69 Å². The van der Waals surface area contributed by atoms with Crippen LogP contribution in [-0.2, 0) is 10.0 Å². The van der Waals surface area contributed by atoms with E-state index in [2.05, 4.69) is 4.72 Å². The van der Waals surface area contributed by atoms with Crippen LogP contribution in [0.4, 0.5) is 5.69 Å². The monoisotopic (exact) mass is 336 g/mol. The summed E-state index contributed by atoms with van der Waals surface area (Å²) in [6.45, 7) is 2.27. The summed E-state index contributed by atoms with van der Waals surface area (Å²) in [4.78, 5) is 10.9. The lowest BCUT2D eigenvalue weighted by Crippen LogP contribution is -2.14. The Balaban J connectivity index is 2.27. The number of sulfonamides is 1. The van der Waals surface area contributed by atoms with E-state index in [9.17, 15) is 18.3 Å². The molecule has 0 bridgehead atoms. The average Bonchev–Trinajstić information content (AvgIpc) is 2.49. The van der Waals surface area contributed by atoms with E-state index in [1.165, 1.54) is 30.3 Å². The molecule has 122 valence electrons. The molecule has 23 heavy (non-hydrogen) atoms. The molecular formula is C15H14NO6S-. The van der Waals surface area contributed by atoms with E-state index in [1.54, 1.807) is 0 Å². The van der Waals surface area contributed by atoms with Crippen molar-refractivity contribution in [3.8, 4) is 11.5 Å². The quantitative estimate of drug-likeness (QED) is 0.829. The summed E-state index contributed by atoms with van der Waals surface area (Å²) >= 11 is 0. The largest absolute Gasteiger partial charge is 0.872 e. The molecule has 2 rings (SSSR count). The molecule has 0 spiro atoms. The molecule has 0 atom stereocenters. The second kappa shape index (κ2) is 6.57. The first-order valence-electron chi connectivity index (χ1n) is 6.63. The number of hydrogen-bond donors (Lipinski definition) is 2. The molecule has 2 N–H and O–H groups in total. The van der Waals surface area contributed by atoms with Gasteiger partial charge in [0.2, 0.25) is 0 Å². The van der Waals surface area contributed by atoms with Crippen molar-refractivity contribution in [2.24, 2.45) is 0 Å². The van der Waals surface area contributed by atoms with Crippen molar-refractivity contribution in [1.29, 1.82) is 0 Å². The fraction of sp³-hybridized carbons (Fsp3) is 0.133. The molecule has 0 fully saturated rings. The van der Waals surface area contributed by atoms with E-state index in [4.69, 9.17) is 9.84 Å². The maximum atomic E-state index is 12.3. The van der Waals surface area contributed by atoms with E-state index in [0.29, 0.717) is 12.4 Å². The van der Waals surface area contributed by atoms with Gasteiger partial charge in [-0.1, -0.05) is 11.8 Å². The Morgan fingerprint density at radius 1 is 1.22 bits per heavy atom. The highest BCUT2D eigenvalue weighted by molar-refractivity contribution is 7.92. The maximum absolute atomic E-state index is 12.3. The molecule has 2 aromatic carbocycles. The summed E-state index contributed by atoms with van der Waals surface area (Å²) in [5.74, 6) is -1.58. The van der Waals surface area contributed by atoms with Crippen LogP contribution in [0, 0.1) is 0 Å². The number of carboxylic acid groups (broad SMARTS) is 1. The predicted molar refractivity (Wildman–Crippen MR) is 81.3 cm³/mol. The van der Waals surface area contributed by atoms with Gasteiger partial charge in [-0.05, 0) is 43.3 Å². The fourth-order valence-corrected chi connectivity index (χ4v) is 2.91. The SMILES string of the molecule is CCOc1ccc(S(=O)(=O)Nc2ccc([O-])c(C(=O)O)c2)cc1. The van der Waals surface area contributed by atoms with Crippen molar-refractivity contribution in [3.63, 3.8) is 0 Å².